The summed E-state index contributed by atoms with van der Waals surface area (Å²) in [6.45, 7) is 8.50. The van der Waals surface area contributed by atoms with E-state index >= 15 is 0 Å². The number of fused-ring (bicyclic) bond motifs is 1. The molecule has 3 aromatic heterocycles. The maximum atomic E-state index is 13.0. The van der Waals surface area contributed by atoms with Crippen LogP contribution in [-0.2, 0) is 4.74 Å². The van der Waals surface area contributed by atoms with Crippen LogP contribution in [0.3, 0.4) is 0 Å². The molecule has 0 radical (unpaired) electrons. The van der Waals surface area contributed by atoms with Gasteiger partial charge < -0.3 is 34.5 Å². The van der Waals surface area contributed by atoms with Gasteiger partial charge in [-0.25, -0.2) is 4.98 Å². The van der Waals surface area contributed by atoms with Gasteiger partial charge in [0, 0.05) is 32.6 Å². The summed E-state index contributed by atoms with van der Waals surface area (Å²) in [4.78, 5) is 36.0. The maximum absolute atomic E-state index is 13.0. The van der Waals surface area contributed by atoms with Crippen molar-refractivity contribution in [3.05, 3.63) is 29.8 Å². The number of carbonyl (C=O) groups is 1. The van der Waals surface area contributed by atoms with Crippen molar-refractivity contribution in [2.24, 2.45) is 0 Å². The summed E-state index contributed by atoms with van der Waals surface area (Å²) in [7, 11) is 3.25. The molecule has 0 aliphatic carbocycles. The first-order chi connectivity index (χ1) is 18.1. The summed E-state index contributed by atoms with van der Waals surface area (Å²) in [5, 5.41) is 14.0. The van der Waals surface area contributed by atoms with Crippen molar-refractivity contribution in [1.82, 2.24) is 30.2 Å². The van der Waals surface area contributed by atoms with E-state index < -0.39 is 17.6 Å². The molecule has 1 fully saturated rings. The normalized spacial score (nSPS) is 16.3. The number of aromatic amines is 1. The predicted molar refractivity (Wildman–Crippen MR) is 142 cm³/mol. The first-order valence-corrected chi connectivity index (χ1v) is 12.8. The predicted octanol–water partition coefficient (Wildman–Crippen LogP) is 2.44. The Kier molecular flexibility index (Phi) is 8.32. The number of aliphatic hydroxyl groups is 1. The maximum Gasteiger partial charge on any atom is 0.322 e. The number of H-pyrrole nitrogens is 1. The van der Waals surface area contributed by atoms with E-state index in [0.29, 0.717) is 31.6 Å². The second-order valence-electron chi connectivity index (χ2n) is 10.2. The number of hydrogen-bond donors (Lipinski definition) is 3. The minimum absolute atomic E-state index is 0.0511. The smallest absolute Gasteiger partial charge is 0.322 e. The lowest BCUT2D eigenvalue weighted by Crippen LogP contribution is -2.47. The third-order valence-electron chi connectivity index (χ3n) is 6.92. The second kappa shape index (κ2) is 11.5. The van der Waals surface area contributed by atoms with Crippen molar-refractivity contribution >= 4 is 22.9 Å². The standard InChI is InChI=1S/C26H37N7O5/c1-15(14-36-5)38-25-31-22(23(34)29-16(2)26(3,4)35)30-24(32-25)33-11-8-17(9-12-33)18-13-28-21-20(18)19(37-6)7-10-27-21/h7,10,13,15-17,35H,8-9,11-12,14H2,1-6H3,(H,27,28)(H,29,34)/t15-,16-/m1/s1. The zero-order valence-corrected chi connectivity index (χ0v) is 22.8. The Morgan fingerprint density at radius 3 is 2.63 bits per heavy atom. The minimum Gasteiger partial charge on any atom is -0.496 e. The third-order valence-corrected chi connectivity index (χ3v) is 6.92. The quantitative estimate of drug-likeness (QED) is 0.359. The van der Waals surface area contributed by atoms with E-state index in [1.54, 1.807) is 41.2 Å². The van der Waals surface area contributed by atoms with E-state index in [-0.39, 0.29) is 17.9 Å². The fraction of sp³-hybridized carbons (Fsp3) is 0.577. The Bertz CT molecular complexity index is 1250. The van der Waals surface area contributed by atoms with E-state index in [0.717, 1.165) is 29.6 Å². The van der Waals surface area contributed by atoms with Crippen LogP contribution in [0.1, 0.15) is 62.6 Å². The number of rotatable bonds is 10. The highest BCUT2D eigenvalue weighted by atomic mass is 16.5. The topological polar surface area (TPSA) is 148 Å². The van der Waals surface area contributed by atoms with Crippen molar-refractivity contribution in [2.75, 3.05) is 38.8 Å². The van der Waals surface area contributed by atoms with Crippen LogP contribution < -0.4 is 19.7 Å². The zero-order valence-electron chi connectivity index (χ0n) is 22.8. The molecule has 12 heteroatoms. The van der Waals surface area contributed by atoms with Gasteiger partial charge in [-0.1, -0.05) is 0 Å². The summed E-state index contributed by atoms with van der Waals surface area (Å²) >= 11 is 0. The van der Waals surface area contributed by atoms with Gasteiger partial charge in [0.15, 0.2) is 0 Å². The average Bonchev–Trinajstić information content (AvgIpc) is 3.32. The molecule has 4 rings (SSSR count). The third kappa shape index (κ3) is 6.13. The lowest BCUT2D eigenvalue weighted by atomic mass is 9.89. The van der Waals surface area contributed by atoms with Gasteiger partial charge in [0.05, 0.1) is 30.7 Å². The van der Waals surface area contributed by atoms with Gasteiger partial charge in [-0.15, -0.1) is 0 Å². The van der Waals surface area contributed by atoms with E-state index in [9.17, 15) is 9.90 Å². The molecule has 2 atom stereocenters. The fourth-order valence-corrected chi connectivity index (χ4v) is 4.46. The Morgan fingerprint density at radius 2 is 1.97 bits per heavy atom. The van der Waals surface area contributed by atoms with Crippen LogP contribution in [0.4, 0.5) is 5.95 Å². The SMILES string of the molecule is COC[C@@H](C)Oc1nc(C(=O)N[C@H](C)C(C)(C)O)nc(N2CCC(c3c[nH]c4nccc(OC)c34)CC2)n1. The molecule has 0 spiro atoms. The number of anilines is 1. The number of carbonyl (C=O) groups excluding carboxylic acids is 1. The molecule has 1 aliphatic heterocycles. The number of nitrogens with one attached hydrogen (secondary N) is 2. The van der Waals surface area contributed by atoms with Crippen molar-refractivity contribution in [2.45, 2.75) is 64.2 Å². The molecule has 206 valence electrons. The van der Waals surface area contributed by atoms with Gasteiger partial charge in [0.25, 0.3) is 5.91 Å². The lowest BCUT2D eigenvalue weighted by Gasteiger charge is -2.32. The van der Waals surface area contributed by atoms with Gasteiger partial charge in [0.2, 0.25) is 11.8 Å². The van der Waals surface area contributed by atoms with Crippen LogP contribution in [0, 0.1) is 0 Å². The van der Waals surface area contributed by atoms with Gasteiger partial charge in [-0.05, 0) is 58.1 Å². The van der Waals surface area contributed by atoms with Crippen LogP contribution in [0.15, 0.2) is 18.5 Å². The molecule has 1 saturated heterocycles. The van der Waals surface area contributed by atoms with Crippen LogP contribution >= 0.6 is 0 Å². The molecule has 0 aromatic carbocycles. The summed E-state index contributed by atoms with van der Waals surface area (Å²) in [5.41, 5.74) is 0.876. The molecule has 0 saturated carbocycles. The highest BCUT2D eigenvalue weighted by Gasteiger charge is 2.29. The van der Waals surface area contributed by atoms with E-state index in [2.05, 4.69) is 30.2 Å². The van der Waals surface area contributed by atoms with Gasteiger partial charge in [-0.3, -0.25) is 4.79 Å². The van der Waals surface area contributed by atoms with Gasteiger partial charge in [0.1, 0.15) is 17.5 Å². The molecule has 3 aromatic rings. The van der Waals surface area contributed by atoms with E-state index in [1.807, 2.05) is 24.1 Å². The minimum atomic E-state index is -1.11. The molecule has 1 amide bonds. The summed E-state index contributed by atoms with van der Waals surface area (Å²) in [6.07, 6.45) is 5.12. The molecule has 38 heavy (non-hydrogen) atoms. The summed E-state index contributed by atoms with van der Waals surface area (Å²) in [6, 6.07) is 1.40. The van der Waals surface area contributed by atoms with Crippen molar-refractivity contribution in [3.8, 4) is 11.8 Å². The summed E-state index contributed by atoms with van der Waals surface area (Å²) in [5.74, 6) is 0.889. The second-order valence-corrected chi connectivity index (χ2v) is 10.2. The Hall–Kier alpha value is -3.51. The van der Waals surface area contributed by atoms with Crippen LogP contribution in [0.5, 0.6) is 11.8 Å². The van der Waals surface area contributed by atoms with Crippen molar-refractivity contribution in [3.63, 3.8) is 0 Å². The number of piperidine rings is 1. The Morgan fingerprint density at radius 1 is 1.24 bits per heavy atom. The van der Waals surface area contributed by atoms with Crippen LogP contribution in [-0.4, -0.2) is 87.6 Å². The number of hydrogen-bond acceptors (Lipinski definition) is 10. The number of aromatic nitrogens is 5. The number of nitrogens with zero attached hydrogens (tertiary/aromatic N) is 5. The molecule has 1 aliphatic rings. The number of amides is 1. The molecule has 0 bridgehead atoms. The van der Waals surface area contributed by atoms with E-state index in [4.69, 9.17) is 14.2 Å². The molecule has 0 unspecified atom stereocenters. The Labute approximate surface area is 222 Å². The Balaban J connectivity index is 1.55. The van der Waals surface area contributed by atoms with Crippen LogP contribution in [0.2, 0.25) is 0 Å². The average molecular weight is 528 g/mol. The first-order valence-electron chi connectivity index (χ1n) is 12.8. The fourth-order valence-electron chi connectivity index (χ4n) is 4.46. The summed E-state index contributed by atoms with van der Waals surface area (Å²) < 4.78 is 16.6. The highest BCUT2D eigenvalue weighted by molar-refractivity contribution is 5.91. The number of ether oxygens (including phenoxy) is 3. The van der Waals surface area contributed by atoms with Crippen LogP contribution in [0.25, 0.3) is 11.0 Å². The van der Waals surface area contributed by atoms with Crippen molar-refractivity contribution < 1.29 is 24.1 Å². The molecular weight excluding hydrogens is 490 g/mol. The monoisotopic (exact) mass is 527 g/mol. The van der Waals surface area contributed by atoms with Gasteiger partial charge >= 0.3 is 6.01 Å². The number of pyridine rings is 1. The highest BCUT2D eigenvalue weighted by Crippen LogP contribution is 2.37. The molecule has 4 heterocycles. The molecule has 12 nitrogen and oxygen atoms in total. The largest absolute Gasteiger partial charge is 0.496 e. The van der Waals surface area contributed by atoms with Gasteiger partial charge in [-0.2, -0.15) is 15.0 Å². The molecule has 3 N–H and O–H groups in total. The lowest BCUT2D eigenvalue weighted by molar-refractivity contribution is 0.0405. The van der Waals surface area contributed by atoms with E-state index in [1.165, 1.54) is 5.56 Å². The first kappa shape index (κ1) is 27.5. The number of methoxy groups -OCH3 is 2. The molecular formula is C26H37N7O5. The van der Waals surface area contributed by atoms with Crippen molar-refractivity contribution in [1.29, 1.82) is 0 Å². The zero-order chi connectivity index (χ0) is 27.4.